The Labute approximate surface area is 321 Å². The van der Waals surface area contributed by atoms with Gasteiger partial charge in [0.15, 0.2) is 17.5 Å². The zero-order valence-corrected chi connectivity index (χ0v) is 29.9. The molecule has 11 aromatic rings. The van der Waals surface area contributed by atoms with Gasteiger partial charge in [0, 0.05) is 50.6 Å². The van der Waals surface area contributed by atoms with E-state index in [-0.39, 0.29) is 0 Å². The molecule has 6 heteroatoms. The van der Waals surface area contributed by atoms with Crippen molar-refractivity contribution in [2.45, 2.75) is 0 Å². The van der Waals surface area contributed by atoms with Gasteiger partial charge in [-0.2, -0.15) is 0 Å². The summed E-state index contributed by atoms with van der Waals surface area (Å²) in [5.41, 5.74) is 12.4. The van der Waals surface area contributed by atoms with Crippen molar-refractivity contribution < 1.29 is 8.83 Å². The van der Waals surface area contributed by atoms with Crippen LogP contribution in [0.1, 0.15) is 0 Å². The number of pyridine rings is 1. The molecule has 0 aliphatic rings. The minimum absolute atomic E-state index is 0.575. The van der Waals surface area contributed by atoms with Crippen LogP contribution in [0.4, 0.5) is 0 Å². The van der Waals surface area contributed by atoms with Gasteiger partial charge in [-0.3, -0.25) is 4.98 Å². The van der Waals surface area contributed by atoms with E-state index in [2.05, 4.69) is 83.8 Å². The molecule has 0 aliphatic heterocycles. The number of para-hydroxylation sites is 2. The third kappa shape index (κ3) is 5.51. The van der Waals surface area contributed by atoms with Crippen molar-refractivity contribution in [3.8, 4) is 67.5 Å². The molecule has 7 aromatic carbocycles. The topological polar surface area (TPSA) is 77.8 Å². The largest absolute Gasteiger partial charge is 0.456 e. The maximum atomic E-state index is 6.21. The fourth-order valence-corrected chi connectivity index (χ4v) is 7.70. The van der Waals surface area contributed by atoms with Crippen LogP contribution in [0, 0.1) is 0 Å². The Balaban J connectivity index is 1.15. The Hall–Kier alpha value is -7.70. The van der Waals surface area contributed by atoms with E-state index < -0.39 is 0 Å². The predicted octanol–water partition coefficient (Wildman–Crippen LogP) is 13.1. The third-order valence-corrected chi connectivity index (χ3v) is 10.4. The summed E-state index contributed by atoms with van der Waals surface area (Å²) in [6.45, 7) is 0. The van der Waals surface area contributed by atoms with Crippen molar-refractivity contribution in [2.24, 2.45) is 0 Å². The van der Waals surface area contributed by atoms with Gasteiger partial charge >= 0.3 is 0 Å². The molecule has 0 bridgehead atoms. The van der Waals surface area contributed by atoms with E-state index in [0.717, 1.165) is 93.9 Å². The smallest absolute Gasteiger partial charge is 0.164 e. The number of nitrogens with zero attached hydrogens (tertiary/aromatic N) is 4. The highest BCUT2D eigenvalue weighted by Gasteiger charge is 2.18. The third-order valence-electron chi connectivity index (χ3n) is 10.4. The van der Waals surface area contributed by atoms with Crippen LogP contribution in [0.3, 0.4) is 0 Å². The van der Waals surface area contributed by atoms with E-state index in [1.54, 1.807) is 12.4 Å². The van der Waals surface area contributed by atoms with Gasteiger partial charge in [-0.25, -0.2) is 15.0 Å². The molecule has 0 spiro atoms. The number of hydrogen-bond acceptors (Lipinski definition) is 6. The highest BCUT2D eigenvalue weighted by atomic mass is 16.3. The van der Waals surface area contributed by atoms with Crippen LogP contribution in [-0.4, -0.2) is 19.9 Å². The molecule has 0 saturated heterocycles. The van der Waals surface area contributed by atoms with Crippen LogP contribution in [0.5, 0.6) is 0 Å². The van der Waals surface area contributed by atoms with Crippen LogP contribution in [-0.2, 0) is 0 Å². The Kier molecular flexibility index (Phi) is 7.38. The number of hydrogen-bond donors (Lipinski definition) is 0. The average Bonchev–Trinajstić information content (AvgIpc) is 3.84. The normalized spacial score (nSPS) is 11.6. The number of rotatable bonds is 6. The van der Waals surface area contributed by atoms with E-state index >= 15 is 0 Å². The molecule has 0 aliphatic carbocycles. The van der Waals surface area contributed by atoms with Gasteiger partial charge in [0.2, 0.25) is 0 Å². The molecular weight excluding hydrogens is 689 g/mol. The molecule has 0 amide bonds. The first-order valence-electron chi connectivity index (χ1n) is 18.5. The van der Waals surface area contributed by atoms with Crippen LogP contribution < -0.4 is 0 Å². The monoisotopic (exact) mass is 718 g/mol. The van der Waals surface area contributed by atoms with Crippen LogP contribution >= 0.6 is 0 Å². The van der Waals surface area contributed by atoms with E-state index in [9.17, 15) is 0 Å². The molecule has 56 heavy (non-hydrogen) atoms. The summed E-state index contributed by atoms with van der Waals surface area (Å²) in [4.78, 5) is 19.8. The Morgan fingerprint density at radius 1 is 0.286 bits per heavy atom. The fraction of sp³-hybridized carbons (Fsp3) is 0. The first kappa shape index (κ1) is 31.8. The van der Waals surface area contributed by atoms with E-state index in [4.69, 9.17) is 23.8 Å². The molecule has 0 saturated carbocycles. The standard InChI is InChI=1S/C50H30N4O2/c1-2-10-32(11-3-1)48-52-49(54-50(53-48)41-15-5-4-12-38(41)31-22-24-51-25-23-31)37-27-35(33-18-20-46-42(29-33)39-13-6-8-16-44(39)55-46)26-36(28-37)34-19-21-47-43(30-34)40-14-7-9-17-45(40)56-47/h1-30H. The van der Waals surface area contributed by atoms with Crippen molar-refractivity contribution in [1.82, 2.24) is 19.9 Å². The summed E-state index contributed by atoms with van der Waals surface area (Å²) in [5.74, 6) is 1.76. The Morgan fingerprint density at radius 3 is 1.39 bits per heavy atom. The van der Waals surface area contributed by atoms with E-state index in [0.29, 0.717) is 17.5 Å². The first-order chi connectivity index (χ1) is 27.7. The summed E-state index contributed by atoms with van der Waals surface area (Å²) in [6, 6.07) is 58.1. The van der Waals surface area contributed by atoms with Gasteiger partial charge in [0.1, 0.15) is 22.3 Å². The molecule has 0 fully saturated rings. The molecule has 0 radical (unpaired) electrons. The SMILES string of the molecule is c1ccc(-c2nc(-c3cc(-c4ccc5oc6ccccc6c5c4)cc(-c4ccc5oc6ccccc6c5c4)c3)nc(-c3ccccc3-c3ccncc3)n2)cc1. The van der Waals surface area contributed by atoms with E-state index in [1.165, 1.54) is 0 Å². The summed E-state index contributed by atoms with van der Waals surface area (Å²) in [7, 11) is 0. The predicted molar refractivity (Wildman–Crippen MR) is 225 cm³/mol. The minimum Gasteiger partial charge on any atom is -0.456 e. The fourth-order valence-electron chi connectivity index (χ4n) is 7.70. The lowest BCUT2D eigenvalue weighted by Gasteiger charge is -2.14. The zero-order valence-electron chi connectivity index (χ0n) is 29.9. The average molecular weight is 719 g/mol. The van der Waals surface area contributed by atoms with Gasteiger partial charge in [-0.15, -0.1) is 0 Å². The second-order valence-corrected chi connectivity index (χ2v) is 13.9. The molecule has 0 unspecified atom stereocenters. The molecular formula is C50H30N4O2. The summed E-state index contributed by atoms with van der Waals surface area (Å²) < 4.78 is 12.4. The van der Waals surface area contributed by atoms with Gasteiger partial charge < -0.3 is 8.83 Å². The molecule has 0 atom stereocenters. The lowest BCUT2D eigenvalue weighted by molar-refractivity contribution is 0.668. The molecule has 4 aromatic heterocycles. The second-order valence-electron chi connectivity index (χ2n) is 13.9. The van der Waals surface area contributed by atoms with Gasteiger partial charge in [-0.05, 0) is 100 Å². The summed E-state index contributed by atoms with van der Waals surface area (Å²) in [6.07, 6.45) is 3.61. The lowest BCUT2D eigenvalue weighted by Crippen LogP contribution is -2.01. The van der Waals surface area contributed by atoms with Crippen LogP contribution in [0.2, 0.25) is 0 Å². The molecule has 11 rings (SSSR count). The second kappa shape index (κ2) is 13.0. The first-order valence-corrected chi connectivity index (χ1v) is 18.5. The Bertz CT molecular complexity index is 3130. The quantitative estimate of drug-likeness (QED) is 0.170. The molecule has 0 N–H and O–H groups in total. The van der Waals surface area contributed by atoms with Crippen molar-refractivity contribution in [1.29, 1.82) is 0 Å². The van der Waals surface area contributed by atoms with Crippen molar-refractivity contribution in [3.63, 3.8) is 0 Å². The molecule has 262 valence electrons. The molecule has 6 nitrogen and oxygen atoms in total. The minimum atomic E-state index is 0.575. The highest BCUT2D eigenvalue weighted by Crippen LogP contribution is 2.39. The van der Waals surface area contributed by atoms with Gasteiger partial charge in [0.05, 0.1) is 0 Å². The summed E-state index contributed by atoms with van der Waals surface area (Å²) >= 11 is 0. The summed E-state index contributed by atoms with van der Waals surface area (Å²) in [5, 5.41) is 4.30. The van der Waals surface area contributed by atoms with Crippen LogP contribution in [0.15, 0.2) is 191 Å². The maximum absolute atomic E-state index is 6.21. The van der Waals surface area contributed by atoms with Crippen molar-refractivity contribution >= 4 is 43.9 Å². The molecule has 4 heterocycles. The number of fused-ring (bicyclic) bond motifs is 6. The lowest BCUT2D eigenvalue weighted by atomic mass is 9.94. The van der Waals surface area contributed by atoms with E-state index in [1.807, 2.05) is 91.0 Å². The van der Waals surface area contributed by atoms with Gasteiger partial charge in [0.25, 0.3) is 0 Å². The van der Waals surface area contributed by atoms with Crippen molar-refractivity contribution in [3.05, 3.63) is 182 Å². The van der Waals surface area contributed by atoms with Crippen LogP contribution in [0.25, 0.3) is 111 Å². The highest BCUT2D eigenvalue weighted by molar-refractivity contribution is 6.07. The van der Waals surface area contributed by atoms with Gasteiger partial charge in [-0.1, -0.05) is 103 Å². The zero-order chi connectivity index (χ0) is 37.0. The maximum Gasteiger partial charge on any atom is 0.164 e. The Morgan fingerprint density at radius 2 is 0.768 bits per heavy atom. The van der Waals surface area contributed by atoms with Crippen molar-refractivity contribution in [2.75, 3.05) is 0 Å². The number of furan rings is 2. The number of aromatic nitrogens is 4. The number of benzene rings is 7.